The van der Waals surface area contributed by atoms with Crippen molar-refractivity contribution in [2.24, 2.45) is 5.92 Å². The summed E-state index contributed by atoms with van der Waals surface area (Å²) in [6.45, 7) is 1.71. The Morgan fingerprint density at radius 1 is 1.26 bits per heavy atom. The van der Waals surface area contributed by atoms with Gasteiger partial charge in [-0.3, -0.25) is 0 Å². The Hall–Kier alpha value is -2.57. The first-order chi connectivity index (χ1) is 13.0. The van der Waals surface area contributed by atoms with Crippen LogP contribution in [0, 0.1) is 23.1 Å². The Balaban J connectivity index is 1.51. The van der Waals surface area contributed by atoms with Crippen molar-refractivity contribution in [2.75, 3.05) is 24.5 Å². The fourth-order valence-corrected chi connectivity index (χ4v) is 4.34. The minimum Gasteiger partial charge on any atom is -0.354 e. The van der Waals surface area contributed by atoms with Crippen LogP contribution in [-0.2, 0) is 15.8 Å². The number of piperidine rings is 1. The van der Waals surface area contributed by atoms with Crippen molar-refractivity contribution in [3.05, 3.63) is 53.7 Å². The molecular weight excluding hydrogens is 369 g/mol. The lowest BCUT2D eigenvalue weighted by Crippen LogP contribution is -2.39. The van der Waals surface area contributed by atoms with Crippen LogP contribution in [0.5, 0.6) is 0 Å². The van der Waals surface area contributed by atoms with E-state index in [4.69, 9.17) is 5.26 Å². The predicted molar refractivity (Wildman–Crippen MR) is 98.7 cm³/mol. The number of hydrogen-bond acceptors (Lipinski definition) is 6. The molecular formula is C18H20FN5O2S. The Labute approximate surface area is 157 Å². The van der Waals surface area contributed by atoms with E-state index in [1.165, 1.54) is 24.4 Å². The van der Waals surface area contributed by atoms with Gasteiger partial charge < -0.3 is 4.90 Å². The third-order valence-corrected chi connectivity index (χ3v) is 5.86. The highest BCUT2D eigenvalue weighted by molar-refractivity contribution is 7.88. The summed E-state index contributed by atoms with van der Waals surface area (Å²) in [7, 11) is -3.52. The maximum absolute atomic E-state index is 13.2. The van der Waals surface area contributed by atoms with Gasteiger partial charge in [0.05, 0.1) is 5.75 Å². The third kappa shape index (κ3) is 5.21. The number of aromatic nitrogens is 2. The number of rotatable bonds is 6. The second-order valence-electron chi connectivity index (χ2n) is 6.51. The molecule has 2 heterocycles. The van der Waals surface area contributed by atoms with Crippen molar-refractivity contribution in [2.45, 2.75) is 18.6 Å². The molecule has 1 aromatic heterocycles. The summed E-state index contributed by atoms with van der Waals surface area (Å²) >= 11 is 0. The van der Waals surface area contributed by atoms with E-state index >= 15 is 0 Å². The van der Waals surface area contributed by atoms with E-state index in [0.717, 1.165) is 12.8 Å². The topological polar surface area (TPSA) is 99.0 Å². The van der Waals surface area contributed by atoms with Gasteiger partial charge in [-0.15, -0.1) is 0 Å². The van der Waals surface area contributed by atoms with Crippen molar-refractivity contribution < 1.29 is 12.8 Å². The monoisotopic (exact) mass is 389 g/mol. The van der Waals surface area contributed by atoms with Gasteiger partial charge in [-0.1, -0.05) is 12.1 Å². The van der Waals surface area contributed by atoms with E-state index in [2.05, 4.69) is 14.7 Å². The molecule has 1 aliphatic heterocycles. The van der Waals surface area contributed by atoms with Crippen molar-refractivity contribution in [1.82, 2.24) is 14.7 Å². The van der Waals surface area contributed by atoms with Gasteiger partial charge in [0.15, 0.2) is 11.5 Å². The molecule has 1 aromatic carbocycles. The molecule has 0 saturated carbocycles. The summed E-state index contributed by atoms with van der Waals surface area (Å²) in [5.41, 5.74) is 0.718. The molecule has 9 heteroatoms. The second kappa shape index (κ2) is 8.41. The normalized spacial score (nSPS) is 15.5. The zero-order chi connectivity index (χ0) is 19.3. The highest BCUT2D eigenvalue weighted by Gasteiger charge is 2.23. The molecule has 0 atom stereocenters. The van der Waals surface area contributed by atoms with Crippen LogP contribution in [0.3, 0.4) is 0 Å². The molecule has 7 nitrogen and oxygen atoms in total. The standard InChI is InChI=1S/C18H20FN5O2S/c19-16-3-1-2-15(10-16)13-27(25,26)23-12-14-4-8-24(9-5-14)18-17(11-20)21-6-7-22-18/h1-3,6-7,10,14,23H,4-5,8-9,12-13H2. The van der Waals surface area contributed by atoms with Gasteiger partial charge in [0.25, 0.3) is 0 Å². The summed E-state index contributed by atoms with van der Waals surface area (Å²) in [6.07, 6.45) is 4.61. The first kappa shape index (κ1) is 19.2. The van der Waals surface area contributed by atoms with E-state index in [1.54, 1.807) is 12.3 Å². The van der Waals surface area contributed by atoms with Gasteiger partial charge >= 0.3 is 0 Å². The van der Waals surface area contributed by atoms with Gasteiger partial charge in [-0.2, -0.15) is 5.26 Å². The van der Waals surface area contributed by atoms with Crippen LogP contribution in [0.15, 0.2) is 36.7 Å². The molecule has 27 heavy (non-hydrogen) atoms. The largest absolute Gasteiger partial charge is 0.354 e. The number of anilines is 1. The smallest absolute Gasteiger partial charge is 0.215 e. The Morgan fingerprint density at radius 2 is 2.00 bits per heavy atom. The highest BCUT2D eigenvalue weighted by Crippen LogP contribution is 2.23. The number of hydrogen-bond donors (Lipinski definition) is 1. The lowest BCUT2D eigenvalue weighted by molar-refractivity contribution is 0.400. The van der Waals surface area contributed by atoms with Crippen molar-refractivity contribution >= 4 is 15.8 Å². The van der Waals surface area contributed by atoms with Gasteiger partial charge in [0.2, 0.25) is 10.0 Å². The lowest BCUT2D eigenvalue weighted by atomic mass is 9.97. The van der Waals surface area contributed by atoms with E-state index in [1.807, 2.05) is 11.0 Å². The summed E-state index contributed by atoms with van der Waals surface area (Å²) in [4.78, 5) is 10.3. The maximum atomic E-state index is 13.2. The molecule has 0 aliphatic carbocycles. The number of sulfonamides is 1. The van der Waals surface area contributed by atoms with Crippen LogP contribution in [0.1, 0.15) is 24.1 Å². The Bertz CT molecular complexity index is 937. The van der Waals surface area contributed by atoms with Crippen LogP contribution in [0.4, 0.5) is 10.2 Å². The molecule has 0 amide bonds. The van der Waals surface area contributed by atoms with Gasteiger partial charge in [0.1, 0.15) is 11.9 Å². The average molecular weight is 389 g/mol. The predicted octanol–water partition coefficient (Wildman–Crippen LogP) is 1.82. The van der Waals surface area contributed by atoms with Crippen LogP contribution in [0.2, 0.25) is 0 Å². The molecule has 0 radical (unpaired) electrons. The summed E-state index contributed by atoms with van der Waals surface area (Å²) in [5, 5.41) is 9.13. The SMILES string of the molecule is N#Cc1nccnc1N1CCC(CNS(=O)(=O)Cc2cccc(F)c2)CC1. The van der Waals surface area contributed by atoms with E-state index in [-0.39, 0.29) is 11.7 Å². The number of nitrogens with zero attached hydrogens (tertiary/aromatic N) is 4. The minimum atomic E-state index is -3.52. The molecule has 0 unspecified atom stereocenters. The highest BCUT2D eigenvalue weighted by atomic mass is 32.2. The summed E-state index contributed by atoms with van der Waals surface area (Å²) in [5.74, 6) is 0.0843. The first-order valence-corrected chi connectivity index (χ1v) is 10.3. The fourth-order valence-electron chi connectivity index (χ4n) is 3.13. The van der Waals surface area contributed by atoms with Crippen LogP contribution >= 0.6 is 0 Å². The van der Waals surface area contributed by atoms with E-state index in [0.29, 0.717) is 36.7 Å². The molecule has 2 aromatic rings. The molecule has 1 N–H and O–H groups in total. The van der Waals surface area contributed by atoms with Crippen molar-refractivity contribution in [3.63, 3.8) is 0 Å². The number of benzene rings is 1. The third-order valence-electron chi connectivity index (χ3n) is 4.54. The fraction of sp³-hybridized carbons (Fsp3) is 0.389. The lowest BCUT2D eigenvalue weighted by Gasteiger charge is -2.32. The molecule has 3 rings (SSSR count). The van der Waals surface area contributed by atoms with Gasteiger partial charge in [0, 0.05) is 32.0 Å². The molecule has 0 bridgehead atoms. The molecule has 142 valence electrons. The Morgan fingerprint density at radius 3 is 2.70 bits per heavy atom. The zero-order valence-corrected chi connectivity index (χ0v) is 15.5. The second-order valence-corrected chi connectivity index (χ2v) is 8.32. The van der Waals surface area contributed by atoms with Gasteiger partial charge in [-0.25, -0.2) is 27.5 Å². The van der Waals surface area contributed by atoms with Crippen LogP contribution in [0.25, 0.3) is 0 Å². The van der Waals surface area contributed by atoms with Crippen molar-refractivity contribution in [1.29, 1.82) is 5.26 Å². The minimum absolute atomic E-state index is 0.200. The van der Waals surface area contributed by atoms with Crippen LogP contribution < -0.4 is 9.62 Å². The number of nitrogens with one attached hydrogen (secondary N) is 1. The van der Waals surface area contributed by atoms with Crippen LogP contribution in [-0.4, -0.2) is 38.0 Å². The summed E-state index contributed by atoms with van der Waals surface area (Å²) < 4.78 is 40.3. The van der Waals surface area contributed by atoms with E-state index < -0.39 is 15.8 Å². The number of halogens is 1. The number of nitriles is 1. The molecule has 0 spiro atoms. The summed E-state index contributed by atoms with van der Waals surface area (Å²) in [6, 6.07) is 7.64. The van der Waals surface area contributed by atoms with Crippen molar-refractivity contribution in [3.8, 4) is 6.07 Å². The first-order valence-electron chi connectivity index (χ1n) is 8.64. The quantitative estimate of drug-likeness (QED) is 0.809. The van der Waals surface area contributed by atoms with Gasteiger partial charge in [-0.05, 0) is 36.5 Å². The molecule has 1 fully saturated rings. The average Bonchev–Trinajstić information content (AvgIpc) is 2.66. The zero-order valence-electron chi connectivity index (χ0n) is 14.7. The molecule has 1 aliphatic rings. The van der Waals surface area contributed by atoms with E-state index in [9.17, 15) is 12.8 Å². The molecule has 1 saturated heterocycles. The maximum Gasteiger partial charge on any atom is 0.215 e. The Kier molecular flexibility index (Phi) is 5.98.